The molecule has 0 aromatic heterocycles. The summed E-state index contributed by atoms with van der Waals surface area (Å²) in [4.78, 5) is 19.7. The van der Waals surface area contributed by atoms with Crippen molar-refractivity contribution in [3.8, 4) is 0 Å². The maximum absolute atomic E-state index is 9.88. The van der Waals surface area contributed by atoms with Crippen LogP contribution in [0.4, 0.5) is 0 Å². The molecule has 15 heavy (non-hydrogen) atoms. The summed E-state index contributed by atoms with van der Waals surface area (Å²) in [5.74, 6) is -1.94. The van der Waals surface area contributed by atoms with Gasteiger partial charge in [-0.2, -0.15) is 0 Å². The highest BCUT2D eigenvalue weighted by Gasteiger charge is 2.00. The monoisotopic (exact) mass is 216 g/mol. The molecule has 0 fully saturated rings. The van der Waals surface area contributed by atoms with Crippen LogP contribution >= 0.6 is 0 Å². The van der Waals surface area contributed by atoms with E-state index in [1.807, 2.05) is 0 Å². The second-order valence-corrected chi connectivity index (χ2v) is 2.64. The van der Waals surface area contributed by atoms with Crippen molar-refractivity contribution >= 4 is 11.9 Å². The number of carbonyl (C=O) groups is 2. The first-order valence-corrected chi connectivity index (χ1v) is 4.29. The van der Waals surface area contributed by atoms with E-state index in [0.29, 0.717) is 6.42 Å². The van der Waals surface area contributed by atoms with Gasteiger partial charge >= 0.3 is 11.9 Å². The average molecular weight is 216 g/mol. The van der Waals surface area contributed by atoms with E-state index in [2.05, 4.69) is 13.2 Å². The number of hydrogen-bond donors (Lipinski definition) is 3. The number of aliphatic carboxylic acids is 2. The molecule has 0 atom stereocenters. The van der Waals surface area contributed by atoms with Gasteiger partial charge in [0.25, 0.3) is 0 Å². The molecule has 0 bridgehead atoms. The SMILES string of the molecule is C=C(CC)C(=O)O.C=C(CCO)C(=O)O. The molecule has 0 rings (SSSR count). The second kappa shape index (κ2) is 8.96. The third-order valence-electron chi connectivity index (χ3n) is 1.45. The van der Waals surface area contributed by atoms with Crippen LogP contribution in [0.3, 0.4) is 0 Å². The van der Waals surface area contributed by atoms with Gasteiger partial charge in [-0.05, 0) is 6.42 Å². The first-order valence-electron chi connectivity index (χ1n) is 4.29. The van der Waals surface area contributed by atoms with Gasteiger partial charge in [-0.25, -0.2) is 9.59 Å². The number of carboxylic acids is 2. The van der Waals surface area contributed by atoms with Gasteiger partial charge in [0, 0.05) is 24.2 Å². The van der Waals surface area contributed by atoms with Crippen LogP contribution in [0.25, 0.3) is 0 Å². The molecule has 0 radical (unpaired) electrons. The van der Waals surface area contributed by atoms with Crippen molar-refractivity contribution in [3.63, 3.8) is 0 Å². The summed E-state index contributed by atoms with van der Waals surface area (Å²) < 4.78 is 0. The van der Waals surface area contributed by atoms with Crippen LogP contribution in [0.5, 0.6) is 0 Å². The van der Waals surface area contributed by atoms with Crippen LogP contribution in [0, 0.1) is 0 Å². The van der Waals surface area contributed by atoms with Crippen molar-refractivity contribution in [1.29, 1.82) is 0 Å². The third kappa shape index (κ3) is 10.3. The molecule has 0 spiro atoms. The van der Waals surface area contributed by atoms with E-state index in [4.69, 9.17) is 15.3 Å². The van der Waals surface area contributed by atoms with Crippen LogP contribution in [0.15, 0.2) is 24.3 Å². The smallest absolute Gasteiger partial charge is 0.331 e. The predicted octanol–water partition coefficient (Wildman–Crippen LogP) is 1.05. The van der Waals surface area contributed by atoms with Gasteiger partial charge in [0.05, 0.1) is 0 Å². The Morgan fingerprint density at radius 1 is 1.07 bits per heavy atom. The zero-order valence-corrected chi connectivity index (χ0v) is 8.69. The summed E-state index contributed by atoms with van der Waals surface area (Å²) in [6, 6.07) is 0. The van der Waals surface area contributed by atoms with Crippen molar-refractivity contribution in [3.05, 3.63) is 24.3 Å². The van der Waals surface area contributed by atoms with Gasteiger partial charge in [0.1, 0.15) is 0 Å². The van der Waals surface area contributed by atoms with E-state index in [1.54, 1.807) is 6.92 Å². The van der Waals surface area contributed by atoms with E-state index < -0.39 is 11.9 Å². The molecular weight excluding hydrogens is 200 g/mol. The summed E-state index contributed by atoms with van der Waals surface area (Å²) in [5, 5.41) is 24.3. The van der Waals surface area contributed by atoms with Gasteiger partial charge in [-0.1, -0.05) is 20.1 Å². The average Bonchev–Trinajstić information content (AvgIpc) is 2.17. The molecule has 0 amide bonds. The van der Waals surface area contributed by atoms with Crippen molar-refractivity contribution in [1.82, 2.24) is 0 Å². The number of carboxylic acid groups (broad SMARTS) is 2. The Labute approximate surface area is 88.4 Å². The number of rotatable bonds is 5. The molecular formula is C10H16O5. The van der Waals surface area contributed by atoms with E-state index in [0.717, 1.165) is 0 Å². The van der Waals surface area contributed by atoms with Crippen molar-refractivity contribution in [2.24, 2.45) is 0 Å². The van der Waals surface area contributed by atoms with Crippen molar-refractivity contribution in [2.75, 3.05) is 6.61 Å². The highest BCUT2D eigenvalue weighted by atomic mass is 16.4. The van der Waals surface area contributed by atoms with E-state index in [9.17, 15) is 9.59 Å². The number of aliphatic hydroxyl groups is 1. The Morgan fingerprint density at radius 3 is 1.53 bits per heavy atom. The Morgan fingerprint density at radius 2 is 1.47 bits per heavy atom. The fourth-order valence-corrected chi connectivity index (χ4v) is 0.393. The maximum Gasteiger partial charge on any atom is 0.331 e. The molecule has 0 unspecified atom stereocenters. The number of hydrogen-bond acceptors (Lipinski definition) is 3. The summed E-state index contributed by atoms with van der Waals surface area (Å²) in [5.41, 5.74) is 0.313. The van der Waals surface area contributed by atoms with E-state index in [-0.39, 0.29) is 24.2 Å². The highest BCUT2D eigenvalue weighted by molar-refractivity contribution is 5.85. The minimum atomic E-state index is -1.04. The zero-order chi connectivity index (χ0) is 12.4. The van der Waals surface area contributed by atoms with Crippen molar-refractivity contribution in [2.45, 2.75) is 19.8 Å². The zero-order valence-electron chi connectivity index (χ0n) is 8.69. The minimum absolute atomic E-state index is 0.0486. The third-order valence-corrected chi connectivity index (χ3v) is 1.45. The van der Waals surface area contributed by atoms with Crippen LogP contribution in [-0.4, -0.2) is 33.9 Å². The van der Waals surface area contributed by atoms with Crippen molar-refractivity contribution < 1.29 is 24.9 Å². The molecule has 86 valence electrons. The highest BCUT2D eigenvalue weighted by Crippen LogP contribution is 1.94. The first kappa shape index (κ1) is 15.8. The van der Waals surface area contributed by atoms with Gasteiger partial charge in [-0.15, -0.1) is 0 Å². The Kier molecular flexibility index (Phi) is 9.45. The van der Waals surface area contributed by atoms with E-state index in [1.165, 1.54) is 0 Å². The van der Waals surface area contributed by atoms with Gasteiger partial charge in [0.2, 0.25) is 0 Å². The molecule has 0 aliphatic carbocycles. The minimum Gasteiger partial charge on any atom is -0.478 e. The summed E-state index contributed by atoms with van der Waals surface area (Å²) in [6.45, 7) is 8.07. The van der Waals surface area contributed by atoms with Gasteiger partial charge in [0.15, 0.2) is 0 Å². The summed E-state index contributed by atoms with van der Waals surface area (Å²) >= 11 is 0. The predicted molar refractivity (Wildman–Crippen MR) is 55.5 cm³/mol. The molecule has 0 saturated carbocycles. The maximum atomic E-state index is 9.88. The normalized spacial score (nSPS) is 8.40. The summed E-state index contributed by atoms with van der Waals surface area (Å²) in [6.07, 6.45) is 0.671. The van der Waals surface area contributed by atoms with Crippen LogP contribution in [-0.2, 0) is 9.59 Å². The molecule has 0 saturated heterocycles. The van der Waals surface area contributed by atoms with Crippen LogP contribution in [0.2, 0.25) is 0 Å². The first-order chi connectivity index (χ1) is 6.86. The Balaban J connectivity index is 0. The van der Waals surface area contributed by atoms with Crippen LogP contribution in [0.1, 0.15) is 19.8 Å². The topological polar surface area (TPSA) is 94.8 Å². The molecule has 0 heterocycles. The van der Waals surface area contributed by atoms with Gasteiger partial charge in [-0.3, -0.25) is 0 Å². The quantitative estimate of drug-likeness (QED) is 0.597. The molecule has 0 aliphatic rings. The molecule has 0 aliphatic heterocycles. The Hall–Kier alpha value is -1.62. The molecule has 0 aromatic carbocycles. The molecule has 5 nitrogen and oxygen atoms in total. The molecule has 5 heteroatoms. The number of aliphatic hydroxyl groups excluding tert-OH is 1. The lowest BCUT2D eigenvalue weighted by Gasteiger charge is -1.91. The lowest BCUT2D eigenvalue weighted by molar-refractivity contribution is -0.133. The van der Waals surface area contributed by atoms with E-state index >= 15 is 0 Å². The summed E-state index contributed by atoms with van der Waals surface area (Å²) in [7, 11) is 0. The van der Waals surface area contributed by atoms with Crippen LogP contribution < -0.4 is 0 Å². The lowest BCUT2D eigenvalue weighted by atomic mass is 10.2. The molecule has 0 aromatic rings. The Bertz CT molecular complexity index is 255. The van der Waals surface area contributed by atoms with Gasteiger partial charge < -0.3 is 15.3 Å². The standard InChI is InChI=1S/C5H8O3.C5H8O2/c1-4(2-3-6)5(7)8;1-3-4(2)5(6)7/h6H,1-3H2,(H,7,8);2-3H2,1H3,(H,6,7). The molecule has 3 N–H and O–H groups in total. The lowest BCUT2D eigenvalue weighted by Crippen LogP contribution is -2.00. The fraction of sp³-hybridized carbons (Fsp3) is 0.400. The fourth-order valence-electron chi connectivity index (χ4n) is 0.393. The second-order valence-electron chi connectivity index (χ2n) is 2.64. The largest absolute Gasteiger partial charge is 0.478 e.